The fourth-order valence-corrected chi connectivity index (χ4v) is 4.00. The molecule has 0 aromatic rings. The quantitative estimate of drug-likeness (QED) is 0.785. The second-order valence-corrected chi connectivity index (χ2v) is 6.67. The van der Waals surface area contributed by atoms with Crippen LogP contribution in [0.1, 0.15) is 39.5 Å². The van der Waals surface area contributed by atoms with E-state index in [0.29, 0.717) is 12.3 Å². The Kier molecular flexibility index (Phi) is 6.86. The zero-order valence-corrected chi connectivity index (χ0v) is 13.8. The first kappa shape index (κ1) is 17.3. The normalized spacial score (nSPS) is 27.3. The summed E-state index contributed by atoms with van der Waals surface area (Å²) in [6, 6.07) is 0.202. The average molecular weight is 301 g/mol. The lowest BCUT2D eigenvalue weighted by Crippen LogP contribution is -2.43. The zero-order chi connectivity index (χ0) is 15.3. The number of thioether (sulfide) groups is 1. The molecule has 1 fully saturated rings. The summed E-state index contributed by atoms with van der Waals surface area (Å²) < 4.78 is 0. The summed E-state index contributed by atoms with van der Waals surface area (Å²) in [6.45, 7) is 4.14. The van der Waals surface area contributed by atoms with Crippen molar-refractivity contribution in [3.05, 3.63) is 0 Å². The van der Waals surface area contributed by atoms with Gasteiger partial charge in [-0.3, -0.25) is 9.59 Å². The van der Waals surface area contributed by atoms with E-state index in [1.807, 2.05) is 13.3 Å². The van der Waals surface area contributed by atoms with Gasteiger partial charge in [-0.2, -0.15) is 11.8 Å². The SMILES string of the molecule is CCC1C[C@H](C(=O)N(C)C(CC)CSC)[C@H](C(=O)O)C1. The summed E-state index contributed by atoms with van der Waals surface area (Å²) in [5.41, 5.74) is 0. The topological polar surface area (TPSA) is 57.6 Å². The minimum absolute atomic E-state index is 0.0225. The number of hydrogen-bond donors (Lipinski definition) is 1. The molecule has 0 heterocycles. The standard InChI is InChI=1S/C15H27NO3S/c1-5-10-7-12(13(8-10)15(18)19)14(17)16(3)11(6-2)9-20-4/h10-13H,5-9H2,1-4H3,(H,18,19)/t10?,11?,12-,13+/m0/s1. The van der Waals surface area contributed by atoms with Gasteiger partial charge in [0, 0.05) is 18.8 Å². The molecule has 0 aliphatic heterocycles. The van der Waals surface area contributed by atoms with Gasteiger partial charge in [-0.25, -0.2) is 0 Å². The van der Waals surface area contributed by atoms with E-state index < -0.39 is 11.9 Å². The van der Waals surface area contributed by atoms with Gasteiger partial charge in [0.15, 0.2) is 0 Å². The van der Waals surface area contributed by atoms with E-state index in [1.54, 1.807) is 16.7 Å². The van der Waals surface area contributed by atoms with Crippen LogP contribution in [0.2, 0.25) is 0 Å². The lowest BCUT2D eigenvalue weighted by atomic mass is 9.94. The van der Waals surface area contributed by atoms with Gasteiger partial charge in [-0.05, 0) is 31.4 Å². The highest BCUT2D eigenvalue weighted by Gasteiger charge is 2.43. The largest absolute Gasteiger partial charge is 0.481 e. The molecule has 0 bridgehead atoms. The van der Waals surface area contributed by atoms with Gasteiger partial charge in [-0.15, -0.1) is 0 Å². The maximum Gasteiger partial charge on any atom is 0.307 e. The summed E-state index contributed by atoms with van der Waals surface area (Å²) in [6.07, 6.45) is 5.27. The average Bonchev–Trinajstić information content (AvgIpc) is 2.87. The van der Waals surface area contributed by atoms with E-state index in [1.165, 1.54) is 0 Å². The van der Waals surface area contributed by atoms with Crippen molar-refractivity contribution in [2.24, 2.45) is 17.8 Å². The molecule has 0 saturated heterocycles. The van der Waals surface area contributed by atoms with Crippen molar-refractivity contribution in [3.63, 3.8) is 0 Å². The van der Waals surface area contributed by atoms with Crippen molar-refractivity contribution in [2.45, 2.75) is 45.6 Å². The molecule has 1 saturated carbocycles. The predicted octanol–water partition coefficient (Wildman–Crippen LogP) is 2.72. The molecule has 1 N–H and O–H groups in total. The molecule has 0 aromatic carbocycles. The molecule has 4 nitrogen and oxygen atoms in total. The van der Waals surface area contributed by atoms with Gasteiger partial charge in [0.2, 0.25) is 5.91 Å². The number of rotatable bonds is 7. The van der Waals surface area contributed by atoms with Crippen LogP contribution < -0.4 is 0 Å². The number of aliphatic carboxylic acids is 1. The fraction of sp³-hybridized carbons (Fsp3) is 0.867. The Morgan fingerprint density at radius 2 is 1.90 bits per heavy atom. The first-order valence-electron chi connectivity index (χ1n) is 7.44. The van der Waals surface area contributed by atoms with Crippen LogP contribution >= 0.6 is 11.8 Å². The van der Waals surface area contributed by atoms with Gasteiger partial charge < -0.3 is 10.0 Å². The summed E-state index contributed by atoms with van der Waals surface area (Å²) in [4.78, 5) is 25.8. The molecule has 1 amide bonds. The van der Waals surface area contributed by atoms with E-state index in [0.717, 1.165) is 25.0 Å². The van der Waals surface area contributed by atoms with E-state index >= 15 is 0 Å². The molecule has 20 heavy (non-hydrogen) atoms. The van der Waals surface area contributed by atoms with Crippen LogP contribution in [-0.4, -0.2) is 47.0 Å². The highest BCUT2D eigenvalue weighted by atomic mass is 32.2. The number of carbonyl (C=O) groups excluding carboxylic acids is 1. The van der Waals surface area contributed by atoms with Crippen molar-refractivity contribution >= 4 is 23.6 Å². The number of carbonyl (C=O) groups is 2. The molecule has 0 spiro atoms. The molecule has 5 heteroatoms. The minimum atomic E-state index is -0.814. The molecular formula is C15H27NO3S. The Morgan fingerprint density at radius 1 is 1.30 bits per heavy atom. The van der Waals surface area contributed by atoms with Crippen LogP contribution in [0.5, 0.6) is 0 Å². The Bertz CT molecular complexity index is 348. The highest BCUT2D eigenvalue weighted by molar-refractivity contribution is 7.98. The molecule has 1 aliphatic carbocycles. The number of carboxylic acids is 1. The second kappa shape index (κ2) is 7.91. The van der Waals surface area contributed by atoms with Gasteiger partial charge in [0.1, 0.15) is 0 Å². The molecule has 0 radical (unpaired) electrons. The van der Waals surface area contributed by atoms with Gasteiger partial charge in [0.25, 0.3) is 0 Å². The number of amides is 1. The summed E-state index contributed by atoms with van der Waals surface area (Å²) in [5.74, 6) is -0.348. The third-order valence-corrected chi connectivity index (χ3v) is 5.32. The van der Waals surface area contributed by atoms with Crippen molar-refractivity contribution in [3.8, 4) is 0 Å². The zero-order valence-electron chi connectivity index (χ0n) is 13.0. The maximum absolute atomic E-state index is 12.7. The summed E-state index contributed by atoms with van der Waals surface area (Å²) in [5, 5.41) is 9.35. The Labute approximate surface area is 126 Å². The van der Waals surface area contributed by atoms with Crippen molar-refractivity contribution in [1.29, 1.82) is 0 Å². The third-order valence-electron chi connectivity index (χ3n) is 4.60. The first-order valence-corrected chi connectivity index (χ1v) is 8.83. The van der Waals surface area contributed by atoms with Crippen LogP contribution in [0, 0.1) is 17.8 Å². The van der Waals surface area contributed by atoms with Gasteiger partial charge in [0.05, 0.1) is 11.8 Å². The number of carboxylic acid groups (broad SMARTS) is 1. The van der Waals surface area contributed by atoms with Crippen LogP contribution in [0.3, 0.4) is 0 Å². The molecule has 4 atom stereocenters. The summed E-state index contributed by atoms with van der Waals surface area (Å²) >= 11 is 1.72. The number of hydrogen-bond acceptors (Lipinski definition) is 3. The second-order valence-electron chi connectivity index (χ2n) is 5.76. The number of nitrogens with zero attached hydrogens (tertiary/aromatic N) is 1. The van der Waals surface area contributed by atoms with Gasteiger partial charge >= 0.3 is 5.97 Å². The Hall–Kier alpha value is -0.710. The monoisotopic (exact) mass is 301 g/mol. The molecule has 1 rings (SSSR count). The lowest BCUT2D eigenvalue weighted by Gasteiger charge is -2.30. The van der Waals surface area contributed by atoms with Crippen LogP contribution in [0.25, 0.3) is 0 Å². The van der Waals surface area contributed by atoms with Crippen molar-refractivity contribution in [2.75, 3.05) is 19.1 Å². The van der Waals surface area contributed by atoms with Gasteiger partial charge in [-0.1, -0.05) is 20.3 Å². The fourth-order valence-electron chi connectivity index (χ4n) is 3.16. The lowest BCUT2D eigenvalue weighted by molar-refractivity contribution is -0.149. The Balaban J connectivity index is 2.80. The van der Waals surface area contributed by atoms with Crippen LogP contribution in [0.4, 0.5) is 0 Å². The van der Waals surface area contributed by atoms with Crippen molar-refractivity contribution < 1.29 is 14.7 Å². The first-order chi connectivity index (χ1) is 9.46. The molecule has 116 valence electrons. The van der Waals surface area contributed by atoms with E-state index in [9.17, 15) is 14.7 Å². The van der Waals surface area contributed by atoms with E-state index in [4.69, 9.17) is 0 Å². The third kappa shape index (κ3) is 3.90. The van der Waals surface area contributed by atoms with E-state index in [-0.39, 0.29) is 17.9 Å². The Morgan fingerprint density at radius 3 is 2.35 bits per heavy atom. The minimum Gasteiger partial charge on any atom is -0.481 e. The molecule has 1 aliphatic rings. The molecule has 0 aromatic heterocycles. The molecular weight excluding hydrogens is 274 g/mol. The predicted molar refractivity (Wildman–Crippen MR) is 82.9 cm³/mol. The highest BCUT2D eigenvalue weighted by Crippen LogP contribution is 2.39. The van der Waals surface area contributed by atoms with E-state index in [2.05, 4.69) is 13.8 Å². The van der Waals surface area contributed by atoms with Crippen molar-refractivity contribution in [1.82, 2.24) is 4.90 Å². The summed E-state index contributed by atoms with van der Waals surface area (Å²) in [7, 11) is 1.82. The van der Waals surface area contributed by atoms with Crippen LogP contribution in [0.15, 0.2) is 0 Å². The maximum atomic E-state index is 12.7. The smallest absolute Gasteiger partial charge is 0.307 e. The van der Waals surface area contributed by atoms with Crippen LogP contribution in [-0.2, 0) is 9.59 Å². The molecule has 2 unspecified atom stereocenters.